The predicted octanol–water partition coefficient (Wildman–Crippen LogP) is 2.95. The number of carbonyl (C=O) groups excluding carboxylic acids is 3. The molecule has 3 rings (SSSR count). The van der Waals surface area contributed by atoms with Crippen molar-refractivity contribution < 1.29 is 23.9 Å². The highest BCUT2D eigenvalue weighted by Gasteiger charge is 2.42. The predicted molar refractivity (Wildman–Crippen MR) is 129 cm³/mol. The maximum Gasteiger partial charge on any atom is 0.255 e. The largest absolute Gasteiger partial charge is 0.497 e. The van der Waals surface area contributed by atoms with Crippen LogP contribution in [-0.4, -0.2) is 66.6 Å². The summed E-state index contributed by atoms with van der Waals surface area (Å²) in [5.74, 6) is 0.881. The van der Waals surface area contributed by atoms with Crippen molar-refractivity contribution in [3.05, 3.63) is 23.8 Å². The maximum atomic E-state index is 13.7. The van der Waals surface area contributed by atoms with Crippen LogP contribution in [0.2, 0.25) is 0 Å². The number of nitrogens with zero attached hydrogens (tertiary/aromatic N) is 1. The van der Waals surface area contributed by atoms with Crippen LogP contribution in [0.15, 0.2) is 18.2 Å². The molecule has 2 aliphatic heterocycles. The second-order valence-electron chi connectivity index (χ2n) is 8.46. The van der Waals surface area contributed by atoms with Gasteiger partial charge in [-0.05, 0) is 37.8 Å². The molecule has 33 heavy (non-hydrogen) atoms. The van der Waals surface area contributed by atoms with Gasteiger partial charge in [0.1, 0.15) is 23.6 Å². The summed E-state index contributed by atoms with van der Waals surface area (Å²) in [4.78, 5) is 41.0. The first-order valence-corrected chi connectivity index (χ1v) is 12.8. The van der Waals surface area contributed by atoms with E-state index in [-0.39, 0.29) is 23.1 Å². The van der Waals surface area contributed by atoms with Gasteiger partial charge in [0.05, 0.1) is 19.6 Å². The third-order valence-electron chi connectivity index (χ3n) is 6.13. The summed E-state index contributed by atoms with van der Waals surface area (Å²) >= 11 is 1.63. The summed E-state index contributed by atoms with van der Waals surface area (Å²) in [6.07, 6.45) is 6.34. The minimum absolute atomic E-state index is 0.0973. The van der Waals surface area contributed by atoms with Crippen LogP contribution in [0.4, 0.5) is 0 Å². The summed E-state index contributed by atoms with van der Waals surface area (Å²) in [7, 11) is 3.08. The number of amides is 3. The van der Waals surface area contributed by atoms with Crippen molar-refractivity contribution in [2.24, 2.45) is 0 Å². The van der Waals surface area contributed by atoms with Crippen molar-refractivity contribution in [2.45, 2.75) is 69.3 Å². The van der Waals surface area contributed by atoms with Crippen molar-refractivity contribution in [1.29, 1.82) is 0 Å². The molecule has 2 aliphatic rings. The van der Waals surface area contributed by atoms with Crippen LogP contribution in [0.5, 0.6) is 11.5 Å². The molecule has 3 atom stereocenters. The van der Waals surface area contributed by atoms with Crippen LogP contribution in [0.25, 0.3) is 0 Å². The van der Waals surface area contributed by atoms with E-state index < -0.39 is 12.1 Å². The van der Waals surface area contributed by atoms with Gasteiger partial charge in [0.15, 0.2) is 0 Å². The van der Waals surface area contributed by atoms with Crippen molar-refractivity contribution in [1.82, 2.24) is 15.5 Å². The van der Waals surface area contributed by atoms with Crippen LogP contribution in [0.1, 0.15) is 62.2 Å². The summed E-state index contributed by atoms with van der Waals surface area (Å²) in [6.45, 7) is 2.77. The Bertz CT molecular complexity index is 827. The zero-order chi connectivity index (χ0) is 23.8. The van der Waals surface area contributed by atoms with Gasteiger partial charge in [0, 0.05) is 23.9 Å². The lowest BCUT2D eigenvalue weighted by atomic mass is 10.1. The van der Waals surface area contributed by atoms with Gasteiger partial charge < -0.3 is 25.0 Å². The van der Waals surface area contributed by atoms with Gasteiger partial charge in [0.25, 0.3) is 5.91 Å². The first-order chi connectivity index (χ1) is 16.0. The molecule has 3 amide bonds. The molecule has 2 fully saturated rings. The molecule has 0 aromatic heterocycles. The van der Waals surface area contributed by atoms with E-state index in [0.717, 1.165) is 38.5 Å². The smallest absolute Gasteiger partial charge is 0.255 e. The molecular formula is C24H35N3O5S. The van der Waals surface area contributed by atoms with Gasteiger partial charge >= 0.3 is 0 Å². The fourth-order valence-corrected chi connectivity index (χ4v) is 5.71. The number of hydrogen-bond donors (Lipinski definition) is 2. The van der Waals surface area contributed by atoms with Crippen LogP contribution in [0.3, 0.4) is 0 Å². The van der Waals surface area contributed by atoms with E-state index in [1.165, 1.54) is 14.2 Å². The lowest BCUT2D eigenvalue weighted by molar-refractivity contribution is -0.130. The molecule has 0 radical (unpaired) electrons. The molecule has 2 saturated heterocycles. The summed E-state index contributed by atoms with van der Waals surface area (Å²) in [5.41, 5.74) is 0.416. The van der Waals surface area contributed by atoms with Gasteiger partial charge in [-0.3, -0.25) is 14.4 Å². The maximum absolute atomic E-state index is 13.7. The second-order valence-corrected chi connectivity index (χ2v) is 9.67. The highest BCUT2D eigenvalue weighted by molar-refractivity contribution is 8.00. The molecule has 1 aromatic rings. The minimum Gasteiger partial charge on any atom is -0.497 e. The molecule has 2 N–H and O–H groups in total. The SMILES string of the molecule is CCCCCC1SCC(C(=O)NC2CCCCNC2=O)N1C(=O)c1cc(OC)cc(OC)c1. The molecule has 2 heterocycles. The lowest BCUT2D eigenvalue weighted by Gasteiger charge is -2.30. The first kappa shape index (κ1) is 25.2. The topological polar surface area (TPSA) is 97.0 Å². The quantitative estimate of drug-likeness (QED) is 0.531. The Hall–Kier alpha value is -2.42. The third-order valence-corrected chi connectivity index (χ3v) is 7.49. The number of unbranched alkanes of at least 4 members (excludes halogenated alkanes) is 2. The van der Waals surface area contributed by atoms with Gasteiger partial charge in [0.2, 0.25) is 11.8 Å². The zero-order valence-electron chi connectivity index (χ0n) is 19.7. The molecule has 0 aliphatic carbocycles. The van der Waals surface area contributed by atoms with E-state index in [1.54, 1.807) is 34.9 Å². The highest BCUT2D eigenvalue weighted by Crippen LogP contribution is 2.35. The third kappa shape index (κ3) is 6.34. The summed E-state index contributed by atoms with van der Waals surface area (Å²) in [5, 5.41) is 5.67. The van der Waals surface area contributed by atoms with E-state index in [4.69, 9.17) is 9.47 Å². The second kappa shape index (κ2) is 12.2. The number of nitrogens with one attached hydrogen (secondary N) is 2. The monoisotopic (exact) mass is 477 g/mol. The van der Waals surface area contributed by atoms with Gasteiger partial charge in [-0.2, -0.15) is 0 Å². The Labute approximate surface area is 200 Å². The Morgan fingerprint density at radius 2 is 1.88 bits per heavy atom. The van der Waals surface area contributed by atoms with Crippen molar-refractivity contribution in [2.75, 3.05) is 26.5 Å². The molecule has 1 aromatic carbocycles. The number of hydrogen-bond acceptors (Lipinski definition) is 6. The van der Waals surface area contributed by atoms with E-state index in [2.05, 4.69) is 17.6 Å². The minimum atomic E-state index is -0.637. The van der Waals surface area contributed by atoms with Gasteiger partial charge in [-0.1, -0.05) is 26.2 Å². The highest BCUT2D eigenvalue weighted by atomic mass is 32.2. The molecule has 8 nitrogen and oxygen atoms in total. The number of methoxy groups -OCH3 is 2. The first-order valence-electron chi connectivity index (χ1n) is 11.7. The molecule has 0 spiro atoms. The molecule has 3 unspecified atom stereocenters. The zero-order valence-corrected chi connectivity index (χ0v) is 20.5. The average Bonchev–Trinajstić information content (AvgIpc) is 3.15. The number of benzene rings is 1. The normalized spacial score (nSPS) is 22.9. The fraction of sp³-hybridized carbons (Fsp3) is 0.625. The number of ether oxygens (including phenoxy) is 2. The Kier molecular flexibility index (Phi) is 9.29. The van der Waals surface area contributed by atoms with E-state index in [1.807, 2.05) is 0 Å². The summed E-state index contributed by atoms with van der Waals surface area (Å²) < 4.78 is 10.7. The van der Waals surface area contributed by atoms with Crippen LogP contribution in [-0.2, 0) is 9.59 Å². The van der Waals surface area contributed by atoms with Crippen LogP contribution < -0.4 is 20.1 Å². The Balaban J connectivity index is 1.84. The standard InChI is InChI=1S/C24H35N3O5S/c1-4-5-6-10-21-27(24(30)16-12-17(31-2)14-18(13-16)32-3)20(15-33-21)23(29)26-19-9-7-8-11-25-22(19)28/h12-14,19-21H,4-11,15H2,1-3H3,(H,25,28)(H,26,29). The molecule has 9 heteroatoms. The van der Waals surface area contributed by atoms with Crippen LogP contribution >= 0.6 is 11.8 Å². The summed E-state index contributed by atoms with van der Waals surface area (Å²) in [6, 6.07) is 3.86. The van der Waals surface area contributed by atoms with Crippen molar-refractivity contribution in [3.8, 4) is 11.5 Å². The van der Waals surface area contributed by atoms with Crippen LogP contribution in [0, 0.1) is 0 Å². The Morgan fingerprint density at radius 1 is 1.15 bits per heavy atom. The molecule has 0 saturated carbocycles. The number of carbonyl (C=O) groups is 3. The fourth-order valence-electron chi connectivity index (χ4n) is 4.25. The molecule has 0 bridgehead atoms. The molecular weight excluding hydrogens is 442 g/mol. The van der Waals surface area contributed by atoms with E-state index in [0.29, 0.717) is 35.8 Å². The van der Waals surface area contributed by atoms with E-state index in [9.17, 15) is 14.4 Å². The Morgan fingerprint density at radius 3 is 2.55 bits per heavy atom. The average molecular weight is 478 g/mol. The number of thioether (sulfide) groups is 1. The molecule has 182 valence electrons. The lowest BCUT2D eigenvalue weighted by Crippen LogP contribution is -2.54. The van der Waals surface area contributed by atoms with Crippen molar-refractivity contribution >= 4 is 29.5 Å². The van der Waals surface area contributed by atoms with Crippen molar-refractivity contribution in [3.63, 3.8) is 0 Å². The number of rotatable bonds is 9. The van der Waals surface area contributed by atoms with Gasteiger partial charge in [-0.25, -0.2) is 0 Å². The van der Waals surface area contributed by atoms with Gasteiger partial charge in [-0.15, -0.1) is 11.8 Å². The van der Waals surface area contributed by atoms with E-state index >= 15 is 0 Å².